The highest BCUT2D eigenvalue weighted by Gasteiger charge is 2.13. The van der Waals surface area contributed by atoms with E-state index in [2.05, 4.69) is 6.07 Å². The first kappa shape index (κ1) is 21.5. The predicted molar refractivity (Wildman–Crippen MR) is 108 cm³/mol. The van der Waals surface area contributed by atoms with Crippen LogP contribution in [0.4, 0.5) is 0 Å². The molecule has 150 valence electrons. The average molecular weight is 384 g/mol. The SMILES string of the molecule is COc1cc(C)c(CN(C)C[C@H](O)COc2ccc(CC#N)cc2)cc1OC. The van der Waals surface area contributed by atoms with Crippen molar-refractivity contribution in [2.45, 2.75) is 26.0 Å². The second kappa shape index (κ2) is 10.5. The molecule has 6 heteroatoms. The third-order valence-corrected chi connectivity index (χ3v) is 4.45. The lowest BCUT2D eigenvalue weighted by atomic mass is 10.1. The summed E-state index contributed by atoms with van der Waals surface area (Å²) < 4.78 is 16.3. The Balaban J connectivity index is 1.87. The molecule has 1 N–H and O–H groups in total. The fraction of sp³-hybridized carbons (Fsp3) is 0.409. The molecule has 2 rings (SSSR count). The molecule has 0 amide bonds. The number of hydrogen-bond donors (Lipinski definition) is 1. The Labute approximate surface area is 166 Å². The molecular weight excluding hydrogens is 356 g/mol. The van der Waals surface area contributed by atoms with Gasteiger partial charge in [0.05, 0.1) is 26.7 Å². The molecule has 1 atom stereocenters. The normalized spacial score (nSPS) is 11.8. The Morgan fingerprint density at radius 2 is 1.75 bits per heavy atom. The van der Waals surface area contributed by atoms with Gasteiger partial charge in [-0.1, -0.05) is 12.1 Å². The van der Waals surface area contributed by atoms with E-state index < -0.39 is 6.10 Å². The monoisotopic (exact) mass is 384 g/mol. The first-order chi connectivity index (χ1) is 13.5. The van der Waals surface area contributed by atoms with Crippen molar-refractivity contribution in [2.75, 3.05) is 34.4 Å². The van der Waals surface area contributed by atoms with Gasteiger partial charge in [-0.3, -0.25) is 4.90 Å². The lowest BCUT2D eigenvalue weighted by Crippen LogP contribution is -2.33. The van der Waals surface area contributed by atoms with Gasteiger partial charge in [-0.15, -0.1) is 0 Å². The molecule has 2 aromatic rings. The maximum absolute atomic E-state index is 10.3. The van der Waals surface area contributed by atoms with Crippen molar-refractivity contribution in [1.29, 1.82) is 5.26 Å². The zero-order valence-electron chi connectivity index (χ0n) is 16.9. The largest absolute Gasteiger partial charge is 0.493 e. The van der Waals surface area contributed by atoms with Gasteiger partial charge in [-0.05, 0) is 54.9 Å². The van der Waals surface area contributed by atoms with Crippen molar-refractivity contribution in [3.05, 3.63) is 53.1 Å². The maximum Gasteiger partial charge on any atom is 0.161 e. The van der Waals surface area contributed by atoms with Crippen LogP contribution in [0.2, 0.25) is 0 Å². The van der Waals surface area contributed by atoms with Crippen LogP contribution >= 0.6 is 0 Å². The molecule has 0 heterocycles. The van der Waals surface area contributed by atoms with E-state index in [1.54, 1.807) is 14.2 Å². The van der Waals surface area contributed by atoms with Gasteiger partial charge < -0.3 is 19.3 Å². The number of benzene rings is 2. The van der Waals surface area contributed by atoms with E-state index in [1.807, 2.05) is 55.3 Å². The molecule has 0 saturated heterocycles. The summed E-state index contributed by atoms with van der Waals surface area (Å²) in [5.74, 6) is 2.08. The lowest BCUT2D eigenvalue weighted by molar-refractivity contribution is 0.0743. The van der Waals surface area contributed by atoms with Crippen LogP contribution in [0, 0.1) is 18.3 Å². The van der Waals surface area contributed by atoms with E-state index in [-0.39, 0.29) is 6.61 Å². The molecule has 0 bridgehead atoms. The van der Waals surface area contributed by atoms with E-state index in [9.17, 15) is 5.11 Å². The quantitative estimate of drug-likeness (QED) is 0.679. The van der Waals surface area contributed by atoms with E-state index >= 15 is 0 Å². The first-order valence-corrected chi connectivity index (χ1v) is 9.13. The Morgan fingerprint density at radius 1 is 1.11 bits per heavy atom. The number of rotatable bonds is 10. The van der Waals surface area contributed by atoms with Crippen LogP contribution in [0.3, 0.4) is 0 Å². The summed E-state index contributed by atoms with van der Waals surface area (Å²) in [6.45, 7) is 3.37. The van der Waals surface area contributed by atoms with Gasteiger partial charge in [0, 0.05) is 13.1 Å². The molecule has 0 radical (unpaired) electrons. The summed E-state index contributed by atoms with van der Waals surface area (Å²) in [5, 5.41) is 19.0. The summed E-state index contributed by atoms with van der Waals surface area (Å²) in [6.07, 6.45) is -0.243. The fourth-order valence-corrected chi connectivity index (χ4v) is 2.95. The standard InChI is InChI=1S/C22H28N2O4/c1-16-11-21(26-3)22(27-4)12-18(16)13-24(2)14-19(25)15-28-20-7-5-17(6-8-20)9-10-23/h5-8,11-12,19,25H,9,13-15H2,1-4H3/t19-/m0/s1. The van der Waals surface area contributed by atoms with Crippen LogP contribution in [0.15, 0.2) is 36.4 Å². The molecule has 6 nitrogen and oxygen atoms in total. The minimum absolute atomic E-state index is 0.201. The van der Waals surface area contributed by atoms with Crippen molar-refractivity contribution in [1.82, 2.24) is 4.90 Å². The summed E-state index contributed by atoms with van der Waals surface area (Å²) >= 11 is 0. The Hall–Kier alpha value is -2.75. The minimum Gasteiger partial charge on any atom is -0.493 e. The fourth-order valence-electron chi connectivity index (χ4n) is 2.95. The number of likely N-dealkylation sites (N-methyl/N-ethyl adjacent to an activating group) is 1. The highest BCUT2D eigenvalue weighted by Crippen LogP contribution is 2.30. The summed E-state index contributed by atoms with van der Waals surface area (Å²) in [4.78, 5) is 2.04. The first-order valence-electron chi connectivity index (χ1n) is 9.13. The van der Waals surface area contributed by atoms with Crippen molar-refractivity contribution < 1.29 is 19.3 Å². The number of aryl methyl sites for hydroxylation is 1. The molecule has 0 aliphatic heterocycles. The van der Waals surface area contributed by atoms with Gasteiger partial charge in [0.15, 0.2) is 11.5 Å². The van der Waals surface area contributed by atoms with E-state index in [4.69, 9.17) is 19.5 Å². The minimum atomic E-state index is -0.621. The highest BCUT2D eigenvalue weighted by molar-refractivity contribution is 5.47. The van der Waals surface area contributed by atoms with Crippen LogP contribution < -0.4 is 14.2 Å². The van der Waals surface area contributed by atoms with E-state index in [0.717, 1.165) is 16.7 Å². The van der Waals surface area contributed by atoms with Gasteiger partial charge in [0.25, 0.3) is 0 Å². The molecule has 0 unspecified atom stereocenters. The molecule has 0 aromatic heterocycles. The van der Waals surface area contributed by atoms with Crippen molar-refractivity contribution >= 4 is 0 Å². The smallest absolute Gasteiger partial charge is 0.161 e. The Bertz CT molecular complexity index is 799. The summed E-state index contributed by atoms with van der Waals surface area (Å²) in [6, 6.07) is 13.4. The molecular formula is C22H28N2O4. The van der Waals surface area contributed by atoms with Crippen LogP contribution in [-0.2, 0) is 13.0 Å². The number of ether oxygens (including phenoxy) is 3. The van der Waals surface area contributed by atoms with E-state index in [0.29, 0.717) is 36.8 Å². The van der Waals surface area contributed by atoms with Crippen LogP contribution in [0.1, 0.15) is 16.7 Å². The molecule has 0 aliphatic rings. The lowest BCUT2D eigenvalue weighted by Gasteiger charge is -2.22. The van der Waals surface area contributed by atoms with Crippen LogP contribution in [0.25, 0.3) is 0 Å². The topological polar surface area (TPSA) is 75.0 Å². The molecule has 0 spiro atoms. The molecule has 28 heavy (non-hydrogen) atoms. The number of nitrogens with zero attached hydrogens (tertiary/aromatic N) is 2. The van der Waals surface area contributed by atoms with Crippen LogP contribution in [0.5, 0.6) is 17.2 Å². The van der Waals surface area contributed by atoms with Gasteiger partial charge in [-0.25, -0.2) is 0 Å². The van der Waals surface area contributed by atoms with Crippen molar-refractivity contribution in [3.8, 4) is 23.3 Å². The molecule has 0 saturated carbocycles. The molecule has 0 aliphatic carbocycles. The zero-order chi connectivity index (χ0) is 20.5. The van der Waals surface area contributed by atoms with Gasteiger partial charge in [0.1, 0.15) is 18.5 Å². The van der Waals surface area contributed by atoms with Crippen molar-refractivity contribution in [3.63, 3.8) is 0 Å². The predicted octanol–water partition coefficient (Wildman–Crippen LogP) is 2.95. The number of hydrogen-bond acceptors (Lipinski definition) is 6. The Kier molecular flexibility index (Phi) is 8.12. The van der Waals surface area contributed by atoms with Crippen molar-refractivity contribution in [2.24, 2.45) is 0 Å². The average Bonchev–Trinajstić information content (AvgIpc) is 2.68. The molecule has 2 aromatic carbocycles. The second-order valence-electron chi connectivity index (χ2n) is 6.77. The third-order valence-electron chi connectivity index (χ3n) is 4.45. The van der Waals surface area contributed by atoms with Gasteiger partial charge in [0.2, 0.25) is 0 Å². The molecule has 0 fully saturated rings. The summed E-state index contributed by atoms with van der Waals surface area (Å²) in [5.41, 5.74) is 3.16. The number of methoxy groups -OCH3 is 2. The number of aliphatic hydroxyl groups excluding tert-OH is 1. The van der Waals surface area contributed by atoms with E-state index in [1.165, 1.54) is 0 Å². The zero-order valence-corrected chi connectivity index (χ0v) is 16.9. The number of nitriles is 1. The van der Waals surface area contributed by atoms with Crippen LogP contribution in [-0.4, -0.2) is 50.5 Å². The Morgan fingerprint density at radius 3 is 2.36 bits per heavy atom. The maximum atomic E-state index is 10.3. The number of aliphatic hydroxyl groups is 1. The second-order valence-corrected chi connectivity index (χ2v) is 6.77. The summed E-state index contributed by atoms with van der Waals surface area (Å²) in [7, 11) is 5.20. The highest BCUT2D eigenvalue weighted by atomic mass is 16.5. The van der Waals surface area contributed by atoms with Gasteiger partial charge in [-0.2, -0.15) is 5.26 Å². The third kappa shape index (κ3) is 6.15. The van der Waals surface area contributed by atoms with Gasteiger partial charge >= 0.3 is 0 Å².